The first kappa shape index (κ1) is 10.8. The molecule has 2 nitrogen and oxygen atoms in total. The number of hydrogen-bond donors (Lipinski definition) is 0. The quantitative estimate of drug-likeness (QED) is 0.620. The minimum absolute atomic E-state index is 0.209. The van der Waals surface area contributed by atoms with E-state index in [2.05, 4.69) is 27.8 Å². The van der Waals surface area contributed by atoms with E-state index in [1.807, 2.05) is 12.1 Å². The molecule has 3 heteroatoms. The summed E-state index contributed by atoms with van der Waals surface area (Å²) in [7, 11) is 0. The van der Waals surface area contributed by atoms with Gasteiger partial charge >= 0.3 is 0 Å². The van der Waals surface area contributed by atoms with Gasteiger partial charge in [0.2, 0.25) is 0 Å². The van der Waals surface area contributed by atoms with Crippen LogP contribution >= 0.6 is 15.9 Å². The highest BCUT2D eigenvalue weighted by Crippen LogP contribution is 2.37. The molecule has 0 unspecified atom stereocenters. The molecule has 2 rings (SSSR count). The molecule has 1 heterocycles. The number of nitrogens with zero attached hydrogens (tertiary/aromatic N) is 1. The summed E-state index contributed by atoms with van der Waals surface area (Å²) in [5.41, 5.74) is 0.601. The third-order valence-corrected chi connectivity index (χ3v) is 3.59. The number of carbonyl (C=O) groups is 1. The van der Waals surface area contributed by atoms with Crippen molar-refractivity contribution >= 4 is 21.7 Å². The first-order valence-corrected chi connectivity index (χ1v) is 6.16. The van der Waals surface area contributed by atoms with E-state index in [1.54, 1.807) is 6.07 Å². The van der Waals surface area contributed by atoms with E-state index in [0.29, 0.717) is 5.69 Å². The van der Waals surface area contributed by atoms with Crippen molar-refractivity contribution in [2.24, 2.45) is 11.8 Å². The minimum atomic E-state index is 0.209. The van der Waals surface area contributed by atoms with Crippen molar-refractivity contribution in [2.75, 3.05) is 0 Å². The highest BCUT2D eigenvalue weighted by molar-refractivity contribution is 9.10. The van der Waals surface area contributed by atoms with E-state index in [-0.39, 0.29) is 11.7 Å². The highest BCUT2D eigenvalue weighted by Gasteiger charge is 2.34. The molecule has 0 N–H and O–H groups in total. The van der Waals surface area contributed by atoms with Gasteiger partial charge in [-0.2, -0.15) is 0 Å². The van der Waals surface area contributed by atoms with Gasteiger partial charge in [-0.25, -0.2) is 4.98 Å². The molecule has 0 saturated heterocycles. The molecule has 0 bridgehead atoms. The van der Waals surface area contributed by atoms with Gasteiger partial charge in [-0.05, 0) is 46.8 Å². The van der Waals surface area contributed by atoms with Gasteiger partial charge in [0.25, 0.3) is 0 Å². The van der Waals surface area contributed by atoms with Crippen molar-refractivity contribution in [1.29, 1.82) is 0 Å². The third-order valence-electron chi connectivity index (χ3n) is 3.15. The van der Waals surface area contributed by atoms with Crippen molar-refractivity contribution in [2.45, 2.75) is 26.2 Å². The summed E-state index contributed by atoms with van der Waals surface area (Å²) in [4.78, 5) is 16.2. The summed E-state index contributed by atoms with van der Waals surface area (Å²) in [6.07, 6.45) is 3.28. The van der Waals surface area contributed by atoms with Gasteiger partial charge in [-0.3, -0.25) is 4.79 Å². The smallest absolute Gasteiger partial charge is 0.184 e. The molecule has 1 aliphatic carbocycles. The molecule has 1 aliphatic rings. The third kappa shape index (κ3) is 2.28. The molecule has 1 fully saturated rings. The summed E-state index contributed by atoms with van der Waals surface area (Å²) in [5, 5.41) is 0. The summed E-state index contributed by atoms with van der Waals surface area (Å²) < 4.78 is 0.736. The molecular weight excluding hydrogens is 254 g/mol. The summed E-state index contributed by atoms with van der Waals surface area (Å²) in [6.45, 7) is 2.18. The molecule has 0 spiro atoms. The van der Waals surface area contributed by atoms with Crippen LogP contribution in [-0.4, -0.2) is 10.8 Å². The van der Waals surface area contributed by atoms with Crippen molar-refractivity contribution in [3.63, 3.8) is 0 Å². The first-order chi connectivity index (χ1) is 7.20. The standard InChI is InChI=1S/C12H14BrNO/c1-2-8-6-9(7-8)12(15)10-4-3-5-11(13)14-10/h3-5,8-9H,2,6-7H2,1H3. The molecule has 0 aromatic carbocycles. The van der Waals surface area contributed by atoms with Gasteiger partial charge in [0.05, 0.1) is 0 Å². The van der Waals surface area contributed by atoms with Crippen LogP contribution in [-0.2, 0) is 0 Å². The number of carbonyl (C=O) groups excluding carboxylic acids is 1. The Hall–Kier alpha value is -0.700. The van der Waals surface area contributed by atoms with Gasteiger partial charge in [-0.15, -0.1) is 0 Å². The van der Waals surface area contributed by atoms with Crippen molar-refractivity contribution < 1.29 is 4.79 Å². The molecule has 1 saturated carbocycles. The zero-order valence-electron chi connectivity index (χ0n) is 8.74. The van der Waals surface area contributed by atoms with Crippen LogP contribution < -0.4 is 0 Å². The zero-order valence-corrected chi connectivity index (χ0v) is 10.3. The average molecular weight is 268 g/mol. The Morgan fingerprint density at radius 1 is 1.53 bits per heavy atom. The number of pyridine rings is 1. The lowest BCUT2D eigenvalue weighted by atomic mass is 9.71. The Bertz CT molecular complexity index is 372. The second kappa shape index (κ2) is 4.44. The minimum Gasteiger partial charge on any atom is -0.292 e. The topological polar surface area (TPSA) is 30.0 Å². The molecule has 80 valence electrons. The average Bonchev–Trinajstić information content (AvgIpc) is 2.16. The van der Waals surface area contributed by atoms with E-state index in [0.717, 1.165) is 23.4 Å². The van der Waals surface area contributed by atoms with E-state index in [9.17, 15) is 4.79 Å². The fraction of sp³-hybridized carbons (Fsp3) is 0.500. The maximum atomic E-state index is 12.0. The molecular formula is C12H14BrNO. The summed E-state index contributed by atoms with van der Waals surface area (Å²) in [6, 6.07) is 5.50. The summed E-state index contributed by atoms with van der Waals surface area (Å²) >= 11 is 3.28. The Morgan fingerprint density at radius 2 is 2.27 bits per heavy atom. The van der Waals surface area contributed by atoms with Gasteiger partial charge in [-0.1, -0.05) is 19.4 Å². The second-order valence-electron chi connectivity index (χ2n) is 4.15. The predicted octanol–water partition coefficient (Wildman–Crippen LogP) is 3.46. The van der Waals surface area contributed by atoms with Gasteiger partial charge < -0.3 is 0 Å². The van der Waals surface area contributed by atoms with E-state index in [1.165, 1.54) is 6.42 Å². The number of Topliss-reactive ketones (excluding diaryl/α,β-unsaturated/α-hetero) is 1. The molecule has 0 radical (unpaired) electrons. The van der Waals surface area contributed by atoms with Crippen molar-refractivity contribution in [1.82, 2.24) is 4.98 Å². The maximum Gasteiger partial charge on any atom is 0.184 e. The summed E-state index contributed by atoms with van der Waals surface area (Å²) in [5.74, 6) is 1.18. The fourth-order valence-corrected chi connectivity index (χ4v) is 2.38. The van der Waals surface area contributed by atoms with Crippen LogP contribution in [0.25, 0.3) is 0 Å². The SMILES string of the molecule is CCC1CC(C(=O)c2cccc(Br)n2)C1. The Morgan fingerprint density at radius 3 is 2.87 bits per heavy atom. The largest absolute Gasteiger partial charge is 0.292 e. The Balaban J connectivity index is 2.03. The van der Waals surface area contributed by atoms with Crippen molar-refractivity contribution in [3.05, 3.63) is 28.5 Å². The van der Waals surface area contributed by atoms with Gasteiger partial charge in [0.1, 0.15) is 10.3 Å². The zero-order chi connectivity index (χ0) is 10.8. The van der Waals surface area contributed by atoms with Gasteiger partial charge in [0, 0.05) is 5.92 Å². The van der Waals surface area contributed by atoms with E-state index in [4.69, 9.17) is 0 Å². The maximum absolute atomic E-state index is 12.0. The monoisotopic (exact) mass is 267 g/mol. The van der Waals surface area contributed by atoms with Gasteiger partial charge in [0.15, 0.2) is 5.78 Å². The fourth-order valence-electron chi connectivity index (χ4n) is 2.04. The van der Waals surface area contributed by atoms with Crippen LogP contribution in [0, 0.1) is 11.8 Å². The van der Waals surface area contributed by atoms with Crippen molar-refractivity contribution in [3.8, 4) is 0 Å². The lowest BCUT2D eigenvalue weighted by Gasteiger charge is -2.33. The molecule has 0 amide bonds. The molecule has 1 aromatic rings. The second-order valence-corrected chi connectivity index (χ2v) is 4.96. The molecule has 1 aromatic heterocycles. The first-order valence-electron chi connectivity index (χ1n) is 5.37. The van der Waals surface area contributed by atoms with Crippen LogP contribution in [0.15, 0.2) is 22.8 Å². The number of ketones is 1. The lowest BCUT2D eigenvalue weighted by molar-refractivity contribution is 0.0765. The van der Waals surface area contributed by atoms with Crippen LogP contribution in [0.1, 0.15) is 36.7 Å². The van der Waals surface area contributed by atoms with Crippen LogP contribution in [0.2, 0.25) is 0 Å². The van der Waals surface area contributed by atoms with E-state index < -0.39 is 0 Å². The predicted molar refractivity (Wildman–Crippen MR) is 62.8 cm³/mol. The van der Waals surface area contributed by atoms with Crippen LogP contribution in [0.4, 0.5) is 0 Å². The number of rotatable bonds is 3. The lowest BCUT2D eigenvalue weighted by Crippen LogP contribution is -2.30. The number of aromatic nitrogens is 1. The van der Waals surface area contributed by atoms with E-state index >= 15 is 0 Å². The highest BCUT2D eigenvalue weighted by atomic mass is 79.9. The number of hydrogen-bond acceptors (Lipinski definition) is 2. The molecule has 0 aliphatic heterocycles. The Labute approximate surface area is 98.2 Å². The van der Waals surface area contributed by atoms with Crippen LogP contribution in [0.3, 0.4) is 0 Å². The normalized spacial score (nSPS) is 24.7. The number of halogens is 1. The molecule has 15 heavy (non-hydrogen) atoms. The molecule has 0 atom stereocenters. The Kier molecular flexibility index (Phi) is 3.19. The van der Waals surface area contributed by atoms with Crippen LogP contribution in [0.5, 0.6) is 0 Å².